The third kappa shape index (κ3) is 3.35. The molecule has 0 radical (unpaired) electrons. The summed E-state index contributed by atoms with van der Waals surface area (Å²) in [5.41, 5.74) is 0.628. The van der Waals surface area contributed by atoms with Crippen LogP contribution in [0.3, 0.4) is 0 Å². The summed E-state index contributed by atoms with van der Waals surface area (Å²) in [6, 6.07) is 6.92. The Balaban J connectivity index is 1.70. The van der Waals surface area contributed by atoms with Gasteiger partial charge in [0.15, 0.2) is 0 Å². The summed E-state index contributed by atoms with van der Waals surface area (Å²) in [5, 5.41) is 9.00. The number of rotatable bonds is 5. The Morgan fingerprint density at radius 1 is 1.07 bits per heavy atom. The fourth-order valence-corrected chi connectivity index (χ4v) is 4.14. The lowest BCUT2D eigenvalue weighted by molar-refractivity contribution is 0.0966. The van der Waals surface area contributed by atoms with Gasteiger partial charge in [0.05, 0.1) is 17.3 Å². The van der Waals surface area contributed by atoms with E-state index in [1.807, 2.05) is 45.9 Å². The first-order chi connectivity index (χ1) is 14.1. The quantitative estimate of drug-likeness (QED) is 0.483. The fourth-order valence-electron chi connectivity index (χ4n) is 3.67. The predicted octanol–water partition coefficient (Wildman–Crippen LogP) is 4.13. The number of amides is 1. The van der Waals surface area contributed by atoms with Gasteiger partial charge < -0.3 is 20.4 Å². The van der Waals surface area contributed by atoms with Crippen LogP contribution in [-0.4, -0.2) is 5.91 Å². The molecule has 0 spiro atoms. The number of benzene rings is 1. The summed E-state index contributed by atoms with van der Waals surface area (Å²) < 4.78 is 6.60. The van der Waals surface area contributed by atoms with Gasteiger partial charge in [-0.25, -0.2) is 0 Å². The first-order valence-corrected chi connectivity index (χ1v) is 10.4. The number of fused-ring (bicyclic) bond motifs is 1. The van der Waals surface area contributed by atoms with Crippen molar-refractivity contribution in [1.82, 2.24) is 5.32 Å². The number of carbonyl (C=O) groups is 1. The molecule has 2 heterocycles. The van der Waals surface area contributed by atoms with Gasteiger partial charge in [-0.3, -0.25) is 14.4 Å². The van der Waals surface area contributed by atoms with Crippen LogP contribution < -0.4 is 26.8 Å². The number of hydrogen-bond donors (Lipinski definition) is 3. The van der Waals surface area contributed by atoms with Crippen LogP contribution in [-0.2, 0) is 6.54 Å². The van der Waals surface area contributed by atoms with Crippen molar-refractivity contribution in [3.63, 3.8) is 0 Å². The summed E-state index contributed by atoms with van der Waals surface area (Å²) in [5.74, 6) is 1.23. The van der Waals surface area contributed by atoms with Gasteiger partial charge in [-0.1, -0.05) is 36.7 Å². The van der Waals surface area contributed by atoms with E-state index in [2.05, 4.69) is 31.9 Å². The van der Waals surface area contributed by atoms with Crippen molar-refractivity contribution in [3.8, 4) is 0 Å². The van der Waals surface area contributed by atoms with E-state index in [9.17, 15) is 14.4 Å². The van der Waals surface area contributed by atoms with E-state index in [1.54, 1.807) is 6.07 Å². The molecule has 1 aliphatic heterocycles. The van der Waals surface area contributed by atoms with Crippen LogP contribution in [0.4, 0.5) is 17.1 Å². The molecule has 0 saturated heterocycles. The normalized spacial score (nSPS) is 14.5. The second-order valence-corrected chi connectivity index (χ2v) is 9.41. The maximum atomic E-state index is 12.4. The van der Waals surface area contributed by atoms with Crippen LogP contribution in [0.15, 0.2) is 42.7 Å². The van der Waals surface area contributed by atoms with Gasteiger partial charge in [0.25, 0.3) is 16.8 Å². The first-order valence-electron chi connectivity index (χ1n) is 9.60. The molecule has 2 aromatic carbocycles. The molecule has 0 saturated carbocycles. The van der Waals surface area contributed by atoms with Gasteiger partial charge in [-0.2, -0.15) is 0 Å². The minimum absolute atomic E-state index is 0.154. The standard InChI is InChI=1S/C22H22BrN3O4/c1-10-5-8-14(30-10)20(22(2,3)4)26-17-16(18(27)19(17)28)25-13-7-6-12(23)11-9-24-21(29)15(11)13/h5-8,20,25-26H,9H2,1-4H3,(H,24,29)/t20-/m0/s1. The monoisotopic (exact) mass is 471 g/mol. The molecule has 0 bridgehead atoms. The third-order valence-electron chi connectivity index (χ3n) is 5.28. The Morgan fingerprint density at radius 2 is 1.77 bits per heavy atom. The molecule has 30 heavy (non-hydrogen) atoms. The van der Waals surface area contributed by atoms with Crippen molar-refractivity contribution in [2.75, 3.05) is 10.6 Å². The highest BCUT2D eigenvalue weighted by Crippen LogP contribution is 2.38. The maximum absolute atomic E-state index is 12.4. The number of furan rings is 1. The van der Waals surface area contributed by atoms with Gasteiger partial charge in [-0.05, 0) is 36.6 Å². The van der Waals surface area contributed by atoms with Crippen molar-refractivity contribution in [1.29, 1.82) is 0 Å². The highest BCUT2D eigenvalue weighted by molar-refractivity contribution is 9.10. The molecule has 1 aromatic heterocycles. The number of hydrogen-bond acceptors (Lipinski definition) is 6. The van der Waals surface area contributed by atoms with Gasteiger partial charge in [0.2, 0.25) is 0 Å². The molecule has 1 aliphatic rings. The number of carbonyl (C=O) groups excluding carboxylic acids is 1. The number of anilines is 3. The highest BCUT2D eigenvalue weighted by atomic mass is 79.9. The summed E-state index contributed by atoms with van der Waals surface area (Å²) in [6.45, 7) is 8.32. The zero-order chi connectivity index (χ0) is 21.8. The van der Waals surface area contributed by atoms with E-state index in [4.69, 9.17) is 4.42 Å². The molecule has 0 aliphatic carbocycles. The largest absolute Gasteiger partial charge is 0.464 e. The van der Waals surface area contributed by atoms with Crippen molar-refractivity contribution in [3.05, 3.63) is 71.8 Å². The van der Waals surface area contributed by atoms with Crippen LogP contribution in [0, 0.1) is 12.3 Å². The van der Waals surface area contributed by atoms with Crippen LogP contribution in [0.25, 0.3) is 0 Å². The van der Waals surface area contributed by atoms with Crippen LogP contribution in [0.5, 0.6) is 0 Å². The molecule has 156 valence electrons. The van der Waals surface area contributed by atoms with Crippen molar-refractivity contribution < 1.29 is 9.21 Å². The Kier molecular flexibility index (Phi) is 4.85. The zero-order valence-corrected chi connectivity index (χ0v) is 18.7. The van der Waals surface area contributed by atoms with E-state index in [0.717, 1.165) is 15.8 Å². The zero-order valence-electron chi connectivity index (χ0n) is 17.1. The van der Waals surface area contributed by atoms with Gasteiger partial charge >= 0.3 is 0 Å². The van der Waals surface area contributed by atoms with E-state index < -0.39 is 10.9 Å². The summed E-state index contributed by atoms with van der Waals surface area (Å²) >= 11 is 3.45. The van der Waals surface area contributed by atoms with E-state index in [0.29, 0.717) is 23.6 Å². The summed E-state index contributed by atoms with van der Waals surface area (Å²) in [6.07, 6.45) is 0. The van der Waals surface area contributed by atoms with Crippen LogP contribution in [0.1, 0.15) is 54.3 Å². The van der Waals surface area contributed by atoms with Crippen molar-refractivity contribution in [2.24, 2.45) is 5.41 Å². The van der Waals surface area contributed by atoms with Gasteiger partial charge in [0.1, 0.15) is 22.9 Å². The minimum Gasteiger partial charge on any atom is -0.464 e. The fraction of sp³-hybridized carbons (Fsp3) is 0.318. The lowest BCUT2D eigenvalue weighted by Gasteiger charge is -2.31. The second-order valence-electron chi connectivity index (χ2n) is 8.56. The lowest BCUT2D eigenvalue weighted by Crippen LogP contribution is -2.39. The molecular weight excluding hydrogens is 450 g/mol. The molecule has 8 heteroatoms. The maximum Gasteiger partial charge on any atom is 0.254 e. The van der Waals surface area contributed by atoms with Crippen molar-refractivity contribution in [2.45, 2.75) is 40.3 Å². The molecule has 3 N–H and O–H groups in total. The molecule has 0 fully saturated rings. The third-order valence-corrected chi connectivity index (χ3v) is 6.02. The predicted molar refractivity (Wildman–Crippen MR) is 119 cm³/mol. The average Bonchev–Trinajstić information content (AvgIpc) is 3.28. The lowest BCUT2D eigenvalue weighted by atomic mass is 9.85. The number of aryl methyl sites for hydroxylation is 1. The summed E-state index contributed by atoms with van der Waals surface area (Å²) in [4.78, 5) is 37.0. The Morgan fingerprint density at radius 3 is 2.40 bits per heavy atom. The van der Waals surface area contributed by atoms with E-state index in [-0.39, 0.29) is 28.7 Å². The minimum atomic E-state index is -0.615. The van der Waals surface area contributed by atoms with Gasteiger partial charge in [0, 0.05) is 16.6 Å². The van der Waals surface area contributed by atoms with Crippen molar-refractivity contribution >= 4 is 38.9 Å². The molecule has 7 nitrogen and oxygen atoms in total. The van der Waals surface area contributed by atoms with Gasteiger partial charge in [-0.15, -0.1) is 0 Å². The Hall–Kier alpha value is -2.87. The first kappa shape index (κ1) is 20.4. The number of halogens is 1. The summed E-state index contributed by atoms with van der Waals surface area (Å²) in [7, 11) is 0. The molecule has 1 amide bonds. The molecular formula is C22H22BrN3O4. The number of nitrogens with one attached hydrogen (secondary N) is 3. The molecule has 3 aromatic rings. The van der Waals surface area contributed by atoms with E-state index in [1.165, 1.54) is 0 Å². The van der Waals surface area contributed by atoms with Crippen LogP contribution >= 0.6 is 15.9 Å². The smallest absolute Gasteiger partial charge is 0.254 e. The molecule has 4 rings (SSSR count). The molecule has 1 atom stereocenters. The topological polar surface area (TPSA) is 100 Å². The highest BCUT2D eigenvalue weighted by Gasteiger charge is 2.33. The molecule has 0 unspecified atom stereocenters. The second kappa shape index (κ2) is 7.12. The Bertz CT molecular complexity index is 1230. The Labute approximate surface area is 181 Å². The average molecular weight is 472 g/mol. The van der Waals surface area contributed by atoms with Crippen LogP contribution in [0.2, 0.25) is 0 Å². The van der Waals surface area contributed by atoms with E-state index >= 15 is 0 Å². The SMILES string of the molecule is Cc1ccc([C@H](Nc2c(Nc3ccc(Br)c4c3C(=O)NC4)c(=O)c2=O)C(C)(C)C)o1.